The molecular formula is C10H8FN3OS. The highest BCUT2D eigenvalue weighted by molar-refractivity contribution is 7.07. The lowest BCUT2D eigenvalue weighted by atomic mass is 10.2. The second-order valence-corrected chi connectivity index (χ2v) is 3.84. The molecule has 1 N–H and O–H groups in total. The van der Waals surface area contributed by atoms with Crippen molar-refractivity contribution in [3.63, 3.8) is 0 Å². The molecule has 2 rings (SSSR count). The molecule has 0 unspecified atom stereocenters. The first-order chi connectivity index (χ1) is 7.77. The summed E-state index contributed by atoms with van der Waals surface area (Å²) in [6.45, 7) is 0.156. The van der Waals surface area contributed by atoms with Crippen molar-refractivity contribution in [2.45, 2.75) is 6.54 Å². The summed E-state index contributed by atoms with van der Waals surface area (Å²) in [5.74, 6) is -0.622. The summed E-state index contributed by atoms with van der Waals surface area (Å²) < 4.78 is 16.8. The highest BCUT2D eigenvalue weighted by atomic mass is 32.1. The first-order valence-corrected chi connectivity index (χ1v) is 5.33. The number of nitrogens with zero attached hydrogens (tertiary/aromatic N) is 2. The summed E-state index contributed by atoms with van der Waals surface area (Å²) >= 11 is 1.00. The van der Waals surface area contributed by atoms with Crippen LogP contribution in [0.5, 0.6) is 0 Å². The maximum Gasteiger partial charge on any atom is 0.264 e. The number of halogens is 1. The van der Waals surface area contributed by atoms with E-state index in [1.807, 2.05) is 0 Å². The van der Waals surface area contributed by atoms with Gasteiger partial charge in [-0.2, -0.15) is 0 Å². The second kappa shape index (κ2) is 4.80. The number of benzene rings is 1. The second-order valence-electron chi connectivity index (χ2n) is 3.06. The minimum atomic E-state index is -0.328. The summed E-state index contributed by atoms with van der Waals surface area (Å²) in [5, 5.41) is 6.14. The van der Waals surface area contributed by atoms with E-state index in [-0.39, 0.29) is 18.3 Å². The lowest BCUT2D eigenvalue weighted by molar-refractivity contribution is 0.0954. The molecule has 0 radical (unpaired) electrons. The van der Waals surface area contributed by atoms with Gasteiger partial charge in [0.2, 0.25) is 0 Å². The monoisotopic (exact) mass is 237 g/mol. The number of aromatic nitrogens is 2. The average molecular weight is 237 g/mol. The smallest absolute Gasteiger partial charge is 0.264 e. The summed E-state index contributed by atoms with van der Waals surface area (Å²) in [4.78, 5) is 11.9. The van der Waals surface area contributed by atoms with E-state index in [0.29, 0.717) is 10.4 Å². The molecule has 0 aliphatic carbocycles. The fourth-order valence-corrected chi connectivity index (χ4v) is 1.60. The predicted octanol–water partition coefficient (Wildman–Crippen LogP) is 1.61. The normalized spacial score (nSPS) is 10.1. The SMILES string of the molecule is O=C(NCc1ccccc1F)c1cnns1. The van der Waals surface area contributed by atoms with Gasteiger partial charge in [0.1, 0.15) is 10.7 Å². The van der Waals surface area contributed by atoms with Crippen LogP contribution in [0.4, 0.5) is 4.39 Å². The number of nitrogens with one attached hydrogen (secondary N) is 1. The van der Waals surface area contributed by atoms with Crippen LogP contribution in [-0.2, 0) is 6.54 Å². The van der Waals surface area contributed by atoms with Crippen molar-refractivity contribution in [1.82, 2.24) is 14.9 Å². The van der Waals surface area contributed by atoms with Gasteiger partial charge >= 0.3 is 0 Å². The molecule has 6 heteroatoms. The molecule has 0 aliphatic rings. The van der Waals surface area contributed by atoms with Crippen LogP contribution in [0.1, 0.15) is 15.2 Å². The molecule has 0 spiro atoms. The molecule has 0 saturated carbocycles. The van der Waals surface area contributed by atoms with E-state index in [1.54, 1.807) is 18.2 Å². The van der Waals surface area contributed by atoms with E-state index in [2.05, 4.69) is 14.9 Å². The third-order valence-corrected chi connectivity index (χ3v) is 2.65. The van der Waals surface area contributed by atoms with Crippen molar-refractivity contribution in [3.05, 3.63) is 46.7 Å². The standard InChI is InChI=1S/C10H8FN3OS/c11-8-4-2-1-3-7(8)5-12-10(15)9-6-13-14-16-9/h1-4,6H,5H2,(H,12,15). The molecule has 0 bridgehead atoms. The van der Waals surface area contributed by atoms with Crippen LogP contribution in [0.15, 0.2) is 30.5 Å². The van der Waals surface area contributed by atoms with Crippen LogP contribution in [0, 0.1) is 5.82 Å². The van der Waals surface area contributed by atoms with E-state index < -0.39 is 0 Å². The molecule has 0 aliphatic heterocycles. The minimum absolute atomic E-state index is 0.156. The number of amides is 1. The Morgan fingerprint density at radius 2 is 2.25 bits per heavy atom. The van der Waals surface area contributed by atoms with Crippen LogP contribution in [-0.4, -0.2) is 15.5 Å². The van der Waals surface area contributed by atoms with Gasteiger partial charge in [-0.3, -0.25) is 4.79 Å². The Labute approximate surface area is 95.3 Å². The van der Waals surface area contributed by atoms with Gasteiger partial charge in [-0.1, -0.05) is 22.7 Å². The molecule has 1 amide bonds. The van der Waals surface area contributed by atoms with E-state index in [9.17, 15) is 9.18 Å². The average Bonchev–Trinajstić information content (AvgIpc) is 2.81. The molecule has 0 saturated heterocycles. The zero-order valence-electron chi connectivity index (χ0n) is 8.18. The molecule has 4 nitrogen and oxygen atoms in total. The molecule has 1 aromatic heterocycles. The van der Waals surface area contributed by atoms with Crippen LogP contribution >= 0.6 is 11.5 Å². The topological polar surface area (TPSA) is 54.9 Å². The first-order valence-electron chi connectivity index (χ1n) is 4.56. The van der Waals surface area contributed by atoms with Gasteiger partial charge in [0.05, 0.1) is 6.20 Å². The van der Waals surface area contributed by atoms with E-state index in [1.165, 1.54) is 12.3 Å². The van der Waals surface area contributed by atoms with E-state index >= 15 is 0 Å². The summed E-state index contributed by atoms with van der Waals surface area (Å²) in [7, 11) is 0. The highest BCUT2D eigenvalue weighted by Crippen LogP contribution is 2.07. The van der Waals surface area contributed by atoms with E-state index in [0.717, 1.165) is 11.5 Å². The Balaban J connectivity index is 1.98. The Bertz CT molecular complexity index is 487. The van der Waals surface area contributed by atoms with Crippen molar-refractivity contribution in [3.8, 4) is 0 Å². The van der Waals surface area contributed by atoms with Gasteiger partial charge in [-0.15, -0.1) is 5.10 Å². The third-order valence-electron chi connectivity index (χ3n) is 1.98. The number of carbonyl (C=O) groups is 1. The fraction of sp³-hybridized carbons (Fsp3) is 0.100. The number of carbonyl (C=O) groups excluding carboxylic acids is 1. The molecular weight excluding hydrogens is 229 g/mol. The molecule has 0 atom stereocenters. The Morgan fingerprint density at radius 1 is 1.44 bits per heavy atom. The number of hydrogen-bond donors (Lipinski definition) is 1. The molecule has 1 heterocycles. The first kappa shape index (κ1) is 10.7. The quantitative estimate of drug-likeness (QED) is 0.882. The van der Waals surface area contributed by atoms with Crippen LogP contribution < -0.4 is 5.32 Å². The number of hydrogen-bond acceptors (Lipinski definition) is 4. The Kier molecular flexibility index (Phi) is 3.21. The van der Waals surface area contributed by atoms with Gasteiger partial charge in [0, 0.05) is 12.1 Å². The van der Waals surface area contributed by atoms with Crippen molar-refractivity contribution in [2.75, 3.05) is 0 Å². The summed E-state index contributed by atoms with van der Waals surface area (Å²) in [6, 6.07) is 6.31. The molecule has 82 valence electrons. The van der Waals surface area contributed by atoms with E-state index in [4.69, 9.17) is 0 Å². The zero-order valence-corrected chi connectivity index (χ0v) is 9.00. The van der Waals surface area contributed by atoms with Gasteiger partial charge in [0.15, 0.2) is 0 Å². The van der Waals surface area contributed by atoms with Gasteiger partial charge < -0.3 is 5.32 Å². The third kappa shape index (κ3) is 2.40. The van der Waals surface area contributed by atoms with Gasteiger partial charge in [-0.05, 0) is 17.6 Å². The molecule has 16 heavy (non-hydrogen) atoms. The van der Waals surface area contributed by atoms with Gasteiger partial charge in [-0.25, -0.2) is 4.39 Å². The highest BCUT2D eigenvalue weighted by Gasteiger charge is 2.08. The number of rotatable bonds is 3. The molecule has 2 aromatic rings. The van der Waals surface area contributed by atoms with Crippen molar-refractivity contribution < 1.29 is 9.18 Å². The fourth-order valence-electron chi connectivity index (χ4n) is 1.17. The maximum atomic E-state index is 13.2. The van der Waals surface area contributed by atoms with Crippen LogP contribution in [0.2, 0.25) is 0 Å². The molecule has 0 fully saturated rings. The maximum absolute atomic E-state index is 13.2. The minimum Gasteiger partial charge on any atom is -0.347 e. The lowest BCUT2D eigenvalue weighted by Gasteiger charge is -2.03. The Hall–Kier alpha value is -1.82. The van der Waals surface area contributed by atoms with Crippen LogP contribution in [0.3, 0.4) is 0 Å². The largest absolute Gasteiger partial charge is 0.347 e. The Morgan fingerprint density at radius 3 is 2.94 bits per heavy atom. The zero-order chi connectivity index (χ0) is 11.4. The predicted molar refractivity (Wildman–Crippen MR) is 57.5 cm³/mol. The van der Waals surface area contributed by atoms with Crippen molar-refractivity contribution >= 4 is 17.4 Å². The summed E-state index contributed by atoms with van der Waals surface area (Å²) in [6.07, 6.45) is 1.38. The van der Waals surface area contributed by atoms with Crippen molar-refractivity contribution in [1.29, 1.82) is 0 Å². The van der Waals surface area contributed by atoms with Crippen LogP contribution in [0.25, 0.3) is 0 Å². The van der Waals surface area contributed by atoms with Crippen molar-refractivity contribution in [2.24, 2.45) is 0 Å². The summed E-state index contributed by atoms with van der Waals surface area (Å²) in [5.41, 5.74) is 0.452. The molecule has 1 aromatic carbocycles. The lowest BCUT2D eigenvalue weighted by Crippen LogP contribution is -2.22. The van der Waals surface area contributed by atoms with Gasteiger partial charge in [0.25, 0.3) is 5.91 Å².